The maximum atomic E-state index is 12.9. The Bertz CT molecular complexity index is 1200. The Kier molecular flexibility index (Phi) is 65.1. The molecule has 6 heteroatoms. The van der Waals surface area contributed by atoms with Crippen LogP contribution in [0, 0.1) is 0 Å². The summed E-state index contributed by atoms with van der Waals surface area (Å²) in [6, 6.07) is 0. The molecular formula is C71H136O6. The highest BCUT2D eigenvalue weighted by Crippen LogP contribution is 2.19. The third-order valence-corrected chi connectivity index (χ3v) is 16.3. The fourth-order valence-electron chi connectivity index (χ4n) is 11.0. The lowest BCUT2D eigenvalue weighted by Crippen LogP contribution is -2.30. The Balaban J connectivity index is 4.11. The molecule has 0 aromatic rings. The molecule has 0 aliphatic heterocycles. The molecule has 0 rings (SSSR count). The van der Waals surface area contributed by atoms with Crippen LogP contribution in [0.1, 0.15) is 406 Å². The third-order valence-electron chi connectivity index (χ3n) is 16.3. The molecule has 1 unspecified atom stereocenters. The largest absolute Gasteiger partial charge is 0.462 e. The van der Waals surface area contributed by atoms with Crippen molar-refractivity contribution in [2.24, 2.45) is 0 Å². The lowest BCUT2D eigenvalue weighted by molar-refractivity contribution is -0.167. The van der Waals surface area contributed by atoms with Crippen molar-refractivity contribution in [3.63, 3.8) is 0 Å². The maximum absolute atomic E-state index is 12.9. The van der Waals surface area contributed by atoms with Gasteiger partial charge in [0, 0.05) is 19.3 Å². The van der Waals surface area contributed by atoms with E-state index in [0.717, 1.165) is 64.2 Å². The van der Waals surface area contributed by atoms with Crippen LogP contribution in [-0.2, 0) is 28.6 Å². The van der Waals surface area contributed by atoms with Crippen molar-refractivity contribution in [3.05, 3.63) is 12.2 Å². The molecule has 0 radical (unpaired) electrons. The molecule has 6 nitrogen and oxygen atoms in total. The van der Waals surface area contributed by atoms with Crippen LogP contribution in [0.3, 0.4) is 0 Å². The number of carbonyl (C=O) groups excluding carboxylic acids is 3. The van der Waals surface area contributed by atoms with E-state index in [9.17, 15) is 14.4 Å². The number of ether oxygens (including phenoxy) is 3. The van der Waals surface area contributed by atoms with Crippen LogP contribution in [0.4, 0.5) is 0 Å². The molecule has 77 heavy (non-hydrogen) atoms. The van der Waals surface area contributed by atoms with Crippen LogP contribution in [0.25, 0.3) is 0 Å². The summed E-state index contributed by atoms with van der Waals surface area (Å²) >= 11 is 0. The number of esters is 3. The van der Waals surface area contributed by atoms with E-state index < -0.39 is 6.10 Å². The molecule has 0 amide bonds. The van der Waals surface area contributed by atoms with Crippen molar-refractivity contribution < 1.29 is 28.6 Å². The molecule has 0 aliphatic rings. The third kappa shape index (κ3) is 64.9. The Morgan fingerprint density at radius 3 is 0.649 bits per heavy atom. The van der Waals surface area contributed by atoms with Crippen molar-refractivity contribution in [1.29, 1.82) is 0 Å². The van der Waals surface area contributed by atoms with Crippen LogP contribution >= 0.6 is 0 Å². The molecule has 0 aliphatic carbocycles. The number of allylic oxidation sites excluding steroid dienone is 2. The molecular weight excluding hydrogens is 949 g/mol. The Morgan fingerprint density at radius 2 is 0.429 bits per heavy atom. The van der Waals surface area contributed by atoms with Crippen molar-refractivity contribution in [1.82, 2.24) is 0 Å². The standard InChI is InChI=1S/C71H136O6/c1-4-7-10-13-16-19-22-25-28-29-30-31-32-33-34-35-36-37-38-39-40-41-42-44-46-49-52-55-58-61-64-70(73)76-67-68(66-75-69(72)63-60-57-54-51-48-45-27-24-21-18-15-12-9-6-3)77-71(74)65-62-59-56-53-50-47-43-26-23-20-17-14-11-8-5-2/h24,27,68H,4-23,25-26,28-67H2,1-3H3/b27-24-. The summed E-state index contributed by atoms with van der Waals surface area (Å²) in [5.74, 6) is -0.842. The normalized spacial score (nSPS) is 12.0. The van der Waals surface area contributed by atoms with Crippen LogP contribution < -0.4 is 0 Å². The van der Waals surface area contributed by atoms with Gasteiger partial charge in [0.05, 0.1) is 0 Å². The highest BCUT2D eigenvalue weighted by Gasteiger charge is 2.19. The quantitative estimate of drug-likeness (QED) is 0.0261. The maximum Gasteiger partial charge on any atom is 0.306 e. The van der Waals surface area contributed by atoms with Crippen LogP contribution in [0.15, 0.2) is 12.2 Å². The topological polar surface area (TPSA) is 78.9 Å². The second kappa shape index (κ2) is 66.7. The predicted molar refractivity (Wildman–Crippen MR) is 335 cm³/mol. The van der Waals surface area contributed by atoms with E-state index in [1.165, 1.54) is 302 Å². The smallest absolute Gasteiger partial charge is 0.306 e. The zero-order valence-corrected chi connectivity index (χ0v) is 52.5. The molecule has 1 atom stereocenters. The van der Waals surface area contributed by atoms with E-state index in [1.807, 2.05) is 0 Å². The zero-order chi connectivity index (χ0) is 55.7. The van der Waals surface area contributed by atoms with E-state index in [2.05, 4.69) is 32.9 Å². The van der Waals surface area contributed by atoms with Gasteiger partial charge in [0.25, 0.3) is 0 Å². The molecule has 0 bridgehead atoms. The van der Waals surface area contributed by atoms with Gasteiger partial charge in [-0.2, -0.15) is 0 Å². The minimum Gasteiger partial charge on any atom is -0.462 e. The second-order valence-corrected chi connectivity index (χ2v) is 24.2. The minimum absolute atomic E-state index is 0.0659. The molecule has 456 valence electrons. The first-order valence-corrected chi connectivity index (χ1v) is 35.2. The molecule has 0 aromatic carbocycles. The van der Waals surface area contributed by atoms with Crippen LogP contribution in [0.2, 0.25) is 0 Å². The SMILES string of the molecule is CCCCCCC/C=C\CCCCCCCC(=O)OCC(COC(=O)CCCCCCCCCCCCCCCCCCCCCCCCCCCCCCCC)OC(=O)CCCCCCCCCCCCCCCCC. The summed E-state index contributed by atoms with van der Waals surface area (Å²) in [6.07, 6.45) is 79.7. The van der Waals surface area contributed by atoms with E-state index in [4.69, 9.17) is 14.2 Å². The number of carbonyl (C=O) groups is 3. The minimum atomic E-state index is -0.769. The summed E-state index contributed by atoms with van der Waals surface area (Å²) in [5, 5.41) is 0. The van der Waals surface area contributed by atoms with E-state index in [1.54, 1.807) is 0 Å². The fourth-order valence-corrected chi connectivity index (χ4v) is 11.0. The number of rotatable bonds is 66. The molecule has 0 spiro atoms. The van der Waals surface area contributed by atoms with Gasteiger partial charge in [0.15, 0.2) is 6.10 Å². The molecule has 0 aromatic heterocycles. The first-order valence-electron chi connectivity index (χ1n) is 35.2. The summed E-state index contributed by atoms with van der Waals surface area (Å²) in [4.78, 5) is 38.3. The Labute approximate surface area is 481 Å². The zero-order valence-electron chi connectivity index (χ0n) is 52.5. The average molecular weight is 1090 g/mol. The van der Waals surface area contributed by atoms with Crippen molar-refractivity contribution in [2.45, 2.75) is 412 Å². The number of unbranched alkanes of at least 4 members (excludes halogenated alkanes) is 53. The summed E-state index contributed by atoms with van der Waals surface area (Å²) < 4.78 is 17.0. The average Bonchev–Trinajstić information content (AvgIpc) is 3.43. The van der Waals surface area contributed by atoms with Gasteiger partial charge in [-0.3, -0.25) is 14.4 Å². The van der Waals surface area contributed by atoms with Gasteiger partial charge in [-0.05, 0) is 44.9 Å². The lowest BCUT2D eigenvalue weighted by Gasteiger charge is -2.18. The Hall–Kier alpha value is -1.85. The summed E-state index contributed by atoms with van der Waals surface area (Å²) in [7, 11) is 0. The van der Waals surface area contributed by atoms with Crippen molar-refractivity contribution in [3.8, 4) is 0 Å². The van der Waals surface area contributed by atoms with Gasteiger partial charge >= 0.3 is 17.9 Å². The van der Waals surface area contributed by atoms with Crippen LogP contribution in [-0.4, -0.2) is 37.2 Å². The van der Waals surface area contributed by atoms with Gasteiger partial charge in [-0.25, -0.2) is 0 Å². The van der Waals surface area contributed by atoms with E-state index in [0.29, 0.717) is 19.3 Å². The van der Waals surface area contributed by atoms with Gasteiger partial charge in [0.2, 0.25) is 0 Å². The number of hydrogen-bond donors (Lipinski definition) is 0. The van der Waals surface area contributed by atoms with Gasteiger partial charge < -0.3 is 14.2 Å². The van der Waals surface area contributed by atoms with Crippen LogP contribution in [0.5, 0.6) is 0 Å². The summed E-state index contributed by atoms with van der Waals surface area (Å²) in [5.41, 5.74) is 0. The second-order valence-electron chi connectivity index (χ2n) is 24.2. The first-order chi connectivity index (χ1) is 38.0. The van der Waals surface area contributed by atoms with Crippen molar-refractivity contribution >= 4 is 17.9 Å². The molecule has 0 heterocycles. The highest BCUT2D eigenvalue weighted by atomic mass is 16.6. The molecule has 0 N–H and O–H groups in total. The lowest BCUT2D eigenvalue weighted by atomic mass is 10.0. The molecule has 0 fully saturated rings. The predicted octanol–water partition coefficient (Wildman–Crippen LogP) is 24.0. The van der Waals surface area contributed by atoms with Gasteiger partial charge in [0.1, 0.15) is 13.2 Å². The highest BCUT2D eigenvalue weighted by molar-refractivity contribution is 5.71. The Morgan fingerprint density at radius 1 is 0.247 bits per heavy atom. The van der Waals surface area contributed by atoms with Gasteiger partial charge in [-0.15, -0.1) is 0 Å². The van der Waals surface area contributed by atoms with E-state index in [-0.39, 0.29) is 31.1 Å². The van der Waals surface area contributed by atoms with Gasteiger partial charge in [-0.1, -0.05) is 354 Å². The molecule has 0 saturated carbocycles. The van der Waals surface area contributed by atoms with Crippen molar-refractivity contribution in [2.75, 3.05) is 13.2 Å². The van der Waals surface area contributed by atoms with E-state index >= 15 is 0 Å². The first kappa shape index (κ1) is 75.2. The number of hydrogen-bond acceptors (Lipinski definition) is 6. The fraction of sp³-hybridized carbons (Fsp3) is 0.930. The summed E-state index contributed by atoms with van der Waals surface area (Å²) in [6.45, 7) is 6.71. The monoisotopic (exact) mass is 1090 g/mol. The molecule has 0 saturated heterocycles.